The standard InChI is InChI=1S/C24H27N7O2/c1-4-32-23-17-6-8-21-18-11-15(5-7-20(18)26-27-21)19-12-25-30(3)24(19)33-16-9-10-31(13-16)14-22(17)29(2)28-23/h5-8,11-12,16H,4,9-10,13-14H2,1-3H3,(H,26,27)/b8-6+/t16-/m1/s1. The van der Waals surface area contributed by atoms with Crippen molar-refractivity contribution in [1.82, 2.24) is 34.7 Å². The number of aromatic amines is 1. The first-order chi connectivity index (χ1) is 16.1. The summed E-state index contributed by atoms with van der Waals surface area (Å²) in [4.78, 5) is 2.42. The Bertz CT molecular complexity index is 1360. The maximum atomic E-state index is 6.52. The molecule has 2 aliphatic rings. The average Bonchev–Trinajstić information content (AvgIpc) is 3.56. The van der Waals surface area contributed by atoms with Gasteiger partial charge in [0.1, 0.15) is 6.10 Å². The minimum atomic E-state index is 0.107. The highest BCUT2D eigenvalue weighted by Crippen LogP contribution is 2.35. The van der Waals surface area contributed by atoms with E-state index in [1.54, 1.807) is 0 Å². The van der Waals surface area contributed by atoms with Gasteiger partial charge in [-0.1, -0.05) is 6.07 Å². The van der Waals surface area contributed by atoms with Gasteiger partial charge in [0.15, 0.2) is 0 Å². The molecule has 1 unspecified atom stereocenters. The van der Waals surface area contributed by atoms with E-state index in [2.05, 4.69) is 49.6 Å². The van der Waals surface area contributed by atoms with Crippen LogP contribution >= 0.6 is 0 Å². The van der Waals surface area contributed by atoms with E-state index in [0.29, 0.717) is 12.5 Å². The smallest absolute Gasteiger partial charge is 0.240 e. The molecule has 5 heterocycles. The van der Waals surface area contributed by atoms with Gasteiger partial charge in [0, 0.05) is 39.1 Å². The molecule has 0 spiro atoms. The Balaban J connectivity index is 1.53. The Hall–Kier alpha value is -3.59. The number of fused-ring (bicyclic) bond motifs is 6. The van der Waals surface area contributed by atoms with Crippen LogP contribution in [0.4, 0.5) is 0 Å². The molecular formula is C24H27N7O2. The second-order valence-electron chi connectivity index (χ2n) is 8.68. The summed E-state index contributed by atoms with van der Waals surface area (Å²) in [5.74, 6) is 1.46. The average molecular weight is 446 g/mol. The lowest BCUT2D eigenvalue weighted by Gasteiger charge is -2.18. The van der Waals surface area contributed by atoms with Crippen LogP contribution in [0.3, 0.4) is 0 Å². The summed E-state index contributed by atoms with van der Waals surface area (Å²) in [6.45, 7) is 5.15. The monoisotopic (exact) mass is 445 g/mol. The van der Waals surface area contributed by atoms with Crippen LogP contribution in [-0.2, 0) is 20.6 Å². The third-order valence-corrected chi connectivity index (χ3v) is 6.53. The fourth-order valence-electron chi connectivity index (χ4n) is 4.81. The van der Waals surface area contributed by atoms with Gasteiger partial charge >= 0.3 is 0 Å². The summed E-state index contributed by atoms with van der Waals surface area (Å²) < 4.78 is 16.1. The summed E-state index contributed by atoms with van der Waals surface area (Å²) in [6, 6.07) is 6.26. The molecule has 170 valence electrons. The molecule has 3 aromatic heterocycles. The first kappa shape index (κ1) is 20.0. The fraction of sp³-hybridized carbons (Fsp3) is 0.375. The van der Waals surface area contributed by atoms with Crippen molar-refractivity contribution in [1.29, 1.82) is 0 Å². The van der Waals surface area contributed by atoms with Gasteiger partial charge in [0.25, 0.3) is 0 Å². The van der Waals surface area contributed by atoms with Crippen LogP contribution in [0.5, 0.6) is 11.8 Å². The van der Waals surface area contributed by atoms with Crippen LogP contribution in [0.2, 0.25) is 0 Å². The summed E-state index contributed by atoms with van der Waals surface area (Å²) in [5, 5.41) is 17.9. The molecule has 2 aliphatic heterocycles. The number of benzene rings is 1. The van der Waals surface area contributed by atoms with Gasteiger partial charge in [-0.2, -0.15) is 10.2 Å². The number of nitrogens with zero attached hydrogens (tertiary/aromatic N) is 6. The summed E-state index contributed by atoms with van der Waals surface area (Å²) in [6.07, 6.45) is 7.11. The molecule has 9 heteroatoms. The van der Waals surface area contributed by atoms with E-state index in [9.17, 15) is 0 Å². The van der Waals surface area contributed by atoms with E-state index in [4.69, 9.17) is 9.47 Å². The lowest BCUT2D eigenvalue weighted by molar-refractivity contribution is 0.183. The molecule has 1 saturated heterocycles. The Labute approximate surface area is 191 Å². The van der Waals surface area contributed by atoms with E-state index in [1.807, 2.05) is 42.6 Å². The number of hydrogen-bond donors (Lipinski definition) is 1. The Morgan fingerprint density at radius 1 is 1.21 bits per heavy atom. The first-order valence-electron chi connectivity index (χ1n) is 11.4. The number of H-pyrrole nitrogens is 1. The van der Waals surface area contributed by atoms with Crippen LogP contribution in [0.25, 0.3) is 34.2 Å². The van der Waals surface area contributed by atoms with Crippen LogP contribution < -0.4 is 9.47 Å². The van der Waals surface area contributed by atoms with Gasteiger partial charge in [0.2, 0.25) is 11.8 Å². The Morgan fingerprint density at radius 3 is 3.00 bits per heavy atom. The molecular weight excluding hydrogens is 418 g/mol. The van der Waals surface area contributed by atoms with E-state index >= 15 is 0 Å². The number of aryl methyl sites for hydroxylation is 2. The van der Waals surface area contributed by atoms with E-state index < -0.39 is 0 Å². The first-order valence-corrected chi connectivity index (χ1v) is 11.4. The molecule has 2 atom stereocenters. The quantitative estimate of drug-likeness (QED) is 0.510. The topological polar surface area (TPSA) is 86.0 Å². The molecule has 9 nitrogen and oxygen atoms in total. The minimum Gasteiger partial charge on any atom is -0.476 e. The molecule has 4 aromatic rings. The van der Waals surface area contributed by atoms with Gasteiger partial charge in [-0.15, -0.1) is 5.10 Å². The van der Waals surface area contributed by atoms with Crippen molar-refractivity contribution >= 4 is 23.1 Å². The summed E-state index contributed by atoms with van der Waals surface area (Å²) >= 11 is 0. The second-order valence-corrected chi connectivity index (χ2v) is 8.68. The third-order valence-electron chi connectivity index (χ3n) is 6.53. The molecule has 6 rings (SSSR count). The number of ether oxygens (including phenoxy) is 2. The lowest BCUT2D eigenvalue weighted by Crippen LogP contribution is -2.26. The highest BCUT2D eigenvalue weighted by atomic mass is 16.5. The van der Waals surface area contributed by atoms with Gasteiger partial charge in [-0.05, 0) is 43.2 Å². The molecule has 0 saturated carbocycles. The van der Waals surface area contributed by atoms with Crippen molar-refractivity contribution in [3.05, 3.63) is 41.3 Å². The molecule has 1 aromatic carbocycles. The van der Waals surface area contributed by atoms with Crippen LogP contribution in [-0.4, -0.2) is 60.5 Å². The van der Waals surface area contributed by atoms with Crippen molar-refractivity contribution in [2.24, 2.45) is 14.1 Å². The molecule has 33 heavy (non-hydrogen) atoms. The zero-order valence-electron chi connectivity index (χ0n) is 19.1. The molecule has 4 bridgehead atoms. The maximum absolute atomic E-state index is 6.52. The highest BCUT2D eigenvalue weighted by molar-refractivity contribution is 5.93. The minimum absolute atomic E-state index is 0.107. The molecule has 0 amide bonds. The maximum Gasteiger partial charge on any atom is 0.240 e. The van der Waals surface area contributed by atoms with Gasteiger partial charge < -0.3 is 9.47 Å². The SMILES string of the molecule is CCOc1nn(C)c2c1/C=C/c1[nH]nc3ccc(cc13)-c1cnn(C)c1O[C@@H]1CCN(C2)C1. The fourth-order valence-corrected chi connectivity index (χ4v) is 4.81. The zero-order chi connectivity index (χ0) is 22.5. The van der Waals surface area contributed by atoms with Gasteiger partial charge in [-0.25, -0.2) is 4.68 Å². The van der Waals surface area contributed by atoms with E-state index in [0.717, 1.165) is 70.9 Å². The van der Waals surface area contributed by atoms with Crippen molar-refractivity contribution in [2.45, 2.75) is 26.0 Å². The summed E-state index contributed by atoms with van der Waals surface area (Å²) in [5.41, 5.74) is 6.03. The number of hydrogen-bond acceptors (Lipinski definition) is 6. The predicted octanol–water partition coefficient (Wildman–Crippen LogP) is 3.23. The molecule has 1 fully saturated rings. The van der Waals surface area contributed by atoms with Crippen molar-refractivity contribution in [3.63, 3.8) is 0 Å². The third kappa shape index (κ3) is 3.39. The largest absolute Gasteiger partial charge is 0.476 e. The van der Waals surface area contributed by atoms with Gasteiger partial charge in [0.05, 0.1) is 40.8 Å². The Morgan fingerprint density at radius 2 is 2.12 bits per heavy atom. The number of nitrogens with one attached hydrogen (secondary N) is 1. The summed E-state index contributed by atoms with van der Waals surface area (Å²) in [7, 11) is 3.91. The molecule has 0 radical (unpaired) electrons. The van der Waals surface area contributed by atoms with Crippen LogP contribution in [0, 0.1) is 0 Å². The normalized spacial score (nSPS) is 20.7. The molecule has 1 N–H and O–H groups in total. The predicted molar refractivity (Wildman–Crippen MR) is 126 cm³/mol. The lowest BCUT2D eigenvalue weighted by atomic mass is 10.0. The van der Waals surface area contributed by atoms with Crippen LogP contribution in [0.15, 0.2) is 24.4 Å². The van der Waals surface area contributed by atoms with Crippen molar-refractivity contribution in [2.75, 3.05) is 19.7 Å². The Kier molecular flexibility index (Phi) is 4.72. The number of aromatic nitrogens is 6. The van der Waals surface area contributed by atoms with E-state index in [1.165, 1.54) is 0 Å². The van der Waals surface area contributed by atoms with Crippen LogP contribution in [0.1, 0.15) is 30.3 Å². The molecule has 0 aliphatic carbocycles. The zero-order valence-corrected chi connectivity index (χ0v) is 19.1. The van der Waals surface area contributed by atoms with Crippen molar-refractivity contribution in [3.8, 4) is 22.9 Å². The van der Waals surface area contributed by atoms with E-state index in [-0.39, 0.29) is 6.10 Å². The van der Waals surface area contributed by atoms with Gasteiger partial charge in [-0.3, -0.25) is 14.7 Å². The highest BCUT2D eigenvalue weighted by Gasteiger charge is 2.28. The van der Waals surface area contributed by atoms with Crippen molar-refractivity contribution < 1.29 is 9.47 Å². The second kappa shape index (κ2) is 7.77. The number of rotatable bonds is 2.